The third-order valence-electron chi connectivity index (χ3n) is 3.07. The van der Waals surface area contributed by atoms with Crippen LogP contribution in [0.4, 0.5) is 4.39 Å². The molecule has 1 heterocycles. The average Bonchev–Trinajstić information content (AvgIpc) is 2.35. The van der Waals surface area contributed by atoms with Gasteiger partial charge in [-0.25, -0.2) is 4.39 Å². The van der Waals surface area contributed by atoms with E-state index < -0.39 is 0 Å². The Labute approximate surface area is 102 Å². The Balaban J connectivity index is 2.12. The molecule has 1 aromatic rings. The zero-order valence-electron chi connectivity index (χ0n) is 10.2. The van der Waals surface area contributed by atoms with Crippen LogP contribution in [0, 0.1) is 5.82 Å². The van der Waals surface area contributed by atoms with Crippen molar-refractivity contribution in [1.82, 2.24) is 10.2 Å². The predicted octanol–water partition coefficient (Wildman–Crippen LogP) is 1.38. The predicted molar refractivity (Wildman–Crippen MR) is 65.3 cm³/mol. The molecule has 0 aliphatic carbocycles. The van der Waals surface area contributed by atoms with Crippen molar-refractivity contribution in [3.8, 4) is 0 Å². The Bertz CT molecular complexity index is 364. The molecule has 17 heavy (non-hydrogen) atoms. The maximum absolute atomic E-state index is 13.8. The van der Waals surface area contributed by atoms with Crippen LogP contribution in [0.5, 0.6) is 0 Å². The number of ether oxygens (including phenoxy) is 1. The Morgan fingerprint density at radius 2 is 2.12 bits per heavy atom. The molecule has 94 valence electrons. The van der Waals surface area contributed by atoms with Crippen molar-refractivity contribution in [3.05, 3.63) is 35.1 Å². The average molecular weight is 238 g/mol. The number of hydrogen-bond donors (Lipinski definition) is 1. The summed E-state index contributed by atoms with van der Waals surface area (Å²) in [6.07, 6.45) is 0. The van der Waals surface area contributed by atoms with Crippen molar-refractivity contribution in [2.75, 3.05) is 33.4 Å². The van der Waals surface area contributed by atoms with Gasteiger partial charge in [-0.1, -0.05) is 12.1 Å². The first-order valence-electron chi connectivity index (χ1n) is 6.02. The topological polar surface area (TPSA) is 24.5 Å². The molecule has 1 aliphatic heterocycles. The first-order chi connectivity index (χ1) is 8.31. The Hall–Kier alpha value is -0.970. The molecule has 1 N–H and O–H groups in total. The zero-order chi connectivity index (χ0) is 12.1. The molecule has 1 aromatic carbocycles. The quantitative estimate of drug-likeness (QED) is 0.857. The van der Waals surface area contributed by atoms with Crippen LogP contribution in [0.25, 0.3) is 0 Å². The van der Waals surface area contributed by atoms with E-state index in [9.17, 15) is 4.39 Å². The minimum atomic E-state index is -0.107. The summed E-state index contributed by atoms with van der Waals surface area (Å²) in [6, 6.07) is 5.29. The summed E-state index contributed by atoms with van der Waals surface area (Å²) in [5.74, 6) is -0.107. The Kier molecular flexibility index (Phi) is 4.48. The molecule has 0 amide bonds. The highest BCUT2D eigenvalue weighted by Gasteiger charge is 2.15. The van der Waals surface area contributed by atoms with Gasteiger partial charge >= 0.3 is 0 Å². The van der Waals surface area contributed by atoms with Gasteiger partial charge in [0.25, 0.3) is 0 Å². The number of nitrogens with one attached hydrogen (secondary N) is 1. The highest BCUT2D eigenvalue weighted by Crippen LogP contribution is 2.16. The number of morpholine rings is 1. The van der Waals surface area contributed by atoms with Crippen LogP contribution in [0.2, 0.25) is 0 Å². The minimum absolute atomic E-state index is 0.107. The number of halogens is 1. The van der Waals surface area contributed by atoms with E-state index in [2.05, 4.69) is 10.2 Å². The standard InChI is InChI=1S/C13H19FN2O/c1-15-9-11-3-2-4-13(14)12(11)10-16-5-7-17-8-6-16/h2-4,15H,5-10H2,1H3. The minimum Gasteiger partial charge on any atom is -0.379 e. The summed E-state index contributed by atoms with van der Waals surface area (Å²) in [5.41, 5.74) is 1.85. The van der Waals surface area contributed by atoms with Crippen LogP contribution in [-0.4, -0.2) is 38.3 Å². The van der Waals surface area contributed by atoms with Crippen molar-refractivity contribution in [2.45, 2.75) is 13.1 Å². The van der Waals surface area contributed by atoms with E-state index in [1.165, 1.54) is 6.07 Å². The number of benzene rings is 1. The molecule has 0 bridgehead atoms. The molecule has 1 saturated heterocycles. The number of nitrogens with zero attached hydrogens (tertiary/aromatic N) is 1. The SMILES string of the molecule is CNCc1cccc(F)c1CN1CCOCC1. The van der Waals surface area contributed by atoms with Gasteiger partial charge in [0.2, 0.25) is 0 Å². The van der Waals surface area contributed by atoms with Gasteiger partial charge in [-0.15, -0.1) is 0 Å². The summed E-state index contributed by atoms with van der Waals surface area (Å²) in [7, 11) is 1.88. The zero-order valence-corrected chi connectivity index (χ0v) is 10.2. The van der Waals surface area contributed by atoms with E-state index in [0.717, 1.165) is 37.4 Å². The van der Waals surface area contributed by atoms with Crippen molar-refractivity contribution in [2.24, 2.45) is 0 Å². The van der Waals surface area contributed by atoms with E-state index in [-0.39, 0.29) is 5.82 Å². The van der Waals surface area contributed by atoms with Crippen LogP contribution < -0.4 is 5.32 Å². The van der Waals surface area contributed by atoms with Crippen LogP contribution in [0.15, 0.2) is 18.2 Å². The summed E-state index contributed by atoms with van der Waals surface area (Å²) in [6.45, 7) is 4.64. The lowest BCUT2D eigenvalue weighted by atomic mass is 10.1. The van der Waals surface area contributed by atoms with Gasteiger partial charge in [0.15, 0.2) is 0 Å². The van der Waals surface area contributed by atoms with Gasteiger partial charge in [0, 0.05) is 31.7 Å². The molecule has 0 saturated carbocycles. The van der Waals surface area contributed by atoms with Crippen molar-refractivity contribution in [1.29, 1.82) is 0 Å². The van der Waals surface area contributed by atoms with Gasteiger partial charge in [-0.05, 0) is 18.7 Å². The maximum Gasteiger partial charge on any atom is 0.128 e. The van der Waals surface area contributed by atoms with Crippen molar-refractivity contribution in [3.63, 3.8) is 0 Å². The normalized spacial score (nSPS) is 17.3. The van der Waals surface area contributed by atoms with Crippen LogP contribution in [0.1, 0.15) is 11.1 Å². The summed E-state index contributed by atoms with van der Waals surface area (Å²) in [4.78, 5) is 2.24. The Morgan fingerprint density at radius 1 is 1.35 bits per heavy atom. The molecule has 4 heteroatoms. The fraction of sp³-hybridized carbons (Fsp3) is 0.538. The van der Waals surface area contributed by atoms with Crippen molar-refractivity contribution < 1.29 is 9.13 Å². The molecular formula is C13H19FN2O. The fourth-order valence-electron chi connectivity index (χ4n) is 2.12. The lowest BCUT2D eigenvalue weighted by molar-refractivity contribution is 0.0336. The third-order valence-corrected chi connectivity index (χ3v) is 3.07. The molecule has 2 rings (SSSR count). The molecule has 0 radical (unpaired) electrons. The highest BCUT2D eigenvalue weighted by molar-refractivity contribution is 5.28. The van der Waals surface area contributed by atoms with E-state index in [4.69, 9.17) is 4.74 Å². The lowest BCUT2D eigenvalue weighted by Crippen LogP contribution is -2.36. The first-order valence-corrected chi connectivity index (χ1v) is 6.02. The van der Waals surface area contributed by atoms with E-state index in [0.29, 0.717) is 13.1 Å². The number of rotatable bonds is 4. The smallest absolute Gasteiger partial charge is 0.128 e. The Morgan fingerprint density at radius 3 is 2.82 bits per heavy atom. The fourth-order valence-corrected chi connectivity index (χ4v) is 2.12. The van der Waals surface area contributed by atoms with Gasteiger partial charge in [-0.2, -0.15) is 0 Å². The van der Waals surface area contributed by atoms with Gasteiger partial charge in [0.1, 0.15) is 5.82 Å². The monoisotopic (exact) mass is 238 g/mol. The molecule has 0 atom stereocenters. The third kappa shape index (κ3) is 3.25. The van der Waals surface area contributed by atoms with Gasteiger partial charge < -0.3 is 10.1 Å². The first kappa shape index (κ1) is 12.5. The van der Waals surface area contributed by atoms with E-state index in [1.54, 1.807) is 6.07 Å². The van der Waals surface area contributed by atoms with E-state index in [1.807, 2.05) is 13.1 Å². The second-order valence-electron chi connectivity index (χ2n) is 4.30. The second kappa shape index (κ2) is 6.10. The molecular weight excluding hydrogens is 219 g/mol. The maximum atomic E-state index is 13.8. The number of hydrogen-bond acceptors (Lipinski definition) is 3. The molecule has 1 aliphatic rings. The summed E-state index contributed by atoms with van der Waals surface area (Å²) < 4.78 is 19.1. The van der Waals surface area contributed by atoms with Gasteiger partial charge in [0.05, 0.1) is 13.2 Å². The largest absolute Gasteiger partial charge is 0.379 e. The second-order valence-corrected chi connectivity index (χ2v) is 4.30. The molecule has 0 unspecified atom stereocenters. The summed E-state index contributed by atoms with van der Waals surface area (Å²) in [5, 5.41) is 3.08. The van der Waals surface area contributed by atoms with E-state index >= 15 is 0 Å². The van der Waals surface area contributed by atoms with Crippen molar-refractivity contribution >= 4 is 0 Å². The highest BCUT2D eigenvalue weighted by atomic mass is 19.1. The molecule has 0 spiro atoms. The lowest BCUT2D eigenvalue weighted by Gasteiger charge is -2.27. The van der Waals surface area contributed by atoms with Crippen LogP contribution in [-0.2, 0) is 17.8 Å². The summed E-state index contributed by atoms with van der Waals surface area (Å²) >= 11 is 0. The van der Waals surface area contributed by atoms with Crippen LogP contribution in [0.3, 0.4) is 0 Å². The molecule has 0 aromatic heterocycles. The molecule has 1 fully saturated rings. The van der Waals surface area contributed by atoms with Crippen LogP contribution >= 0.6 is 0 Å². The van der Waals surface area contributed by atoms with Gasteiger partial charge in [-0.3, -0.25) is 4.90 Å². The molecule has 3 nitrogen and oxygen atoms in total.